The Morgan fingerprint density at radius 1 is 1.09 bits per heavy atom. The van der Waals surface area contributed by atoms with E-state index in [-0.39, 0.29) is 24.1 Å². The van der Waals surface area contributed by atoms with Crippen molar-refractivity contribution in [3.05, 3.63) is 98.8 Å². The van der Waals surface area contributed by atoms with Crippen LogP contribution < -0.4 is 14.9 Å². The number of rotatable bonds is 9. The van der Waals surface area contributed by atoms with Gasteiger partial charge >= 0.3 is 0 Å². The fourth-order valence-electron chi connectivity index (χ4n) is 6.14. The molecular formula is C30H33Cl2N4O7S+. The maximum atomic E-state index is 14.3. The summed E-state index contributed by atoms with van der Waals surface area (Å²) >= 11 is 13.0. The Morgan fingerprint density at radius 3 is 2.55 bits per heavy atom. The molecular weight excluding hydrogens is 631 g/mol. The van der Waals surface area contributed by atoms with Gasteiger partial charge < -0.3 is 10.0 Å². The summed E-state index contributed by atoms with van der Waals surface area (Å²) in [5, 5.41) is 20.1. The maximum Gasteiger partial charge on any atom is 0.262 e. The van der Waals surface area contributed by atoms with Crippen LogP contribution in [0.25, 0.3) is 0 Å². The SMILES string of the molecule is CS(=O)(=O)N[C@H]1CCCC[C@@H]1N1C(=O)c2ccccc2[C@@H](C(=O)NOCc2ccc(CO)c[n+]2O)[C@@H]1c1ccc(Cl)cc1Cl. The summed E-state index contributed by atoms with van der Waals surface area (Å²) in [5.74, 6) is -1.94. The number of carbonyl (C=O) groups is 2. The van der Waals surface area contributed by atoms with E-state index in [2.05, 4.69) is 10.2 Å². The second kappa shape index (κ2) is 13.4. The molecule has 0 spiro atoms. The lowest BCUT2D eigenvalue weighted by molar-refractivity contribution is -0.911. The van der Waals surface area contributed by atoms with Crippen LogP contribution >= 0.6 is 23.2 Å². The number of amides is 2. The molecule has 2 amide bonds. The Bertz CT molecular complexity index is 1670. The van der Waals surface area contributed by atoms with Gasteiger partial charge in [-0.2, -0.15) is 0 Å². The number of carbonyl (C=O) groups excluding carboxylic acids is 2. The van der Waals surface area contributed by atoms with E-state index in [0.29, 0.717) is 45.8 Å². The first-order chi connectivity index (χ1) is 21.0. The highest BCUT2D eigenvalue weighted by molar-refractivity contribution is 7.88. The monoisotopic (exact) mass is 663 g/mol. The molecule has 0 radical (unpaired) electrons. The van der Waals surface area contributed by atoms with Crippen molar-refractivity contribution in [1.29, 1.82) is 0 Å². The third kappa shape index (κ3) is 6.85. The zero-order valence-corrected chi connectivity index (χ0v) is 26.1. The van der Waals surface area contributed by atoms with Crippen molar-refractivity contribution in [1.82, 2.24) is 15.1 Å². The molecule has 44 heavy (non-hydrogen) atoms. The fraction of sp³-hybridized carbons (Fsp3) is 0.367. The van der Waals surface area contributed by atoms with Crippen LogP contribution in [0.1, 0.15) is 70.4 Å². The summed E-state index contributed by atoms with van der Waals surface area (Å²) in [7, 11) is -3.61. The molecule has 2 aromatic carbocycles. The first-order valence-electron chi connectivity index (χ1n) is 14.1. The molecule has 1 aliphatic heterocycles. The van der Waals surface area contributed by atoms with E-state index < -0.39 is 40.0 Å². The molecule has 0 saturated heterocycles. The standard InChI is InChI=1S/C30H32Cl2N4O7S/c1-44(41,42)34-25-8-4-5-9-26(25)36-28(23-13-11-19(31)14-24(23)32)27(21-6-2-3-7-22(21)30(36)39)29(38)33-43-17-20-12-10-18(16-37)15-35(20)40/h2-3,6-7,10-15,25-28,34,37H,4-5,8-9,16-17H2,1H3,(H-,33,38,40)/p+1/t25-,26-,27+,28-/m0/s1. The zero-order chi connectivity index (χ0) is 31.6. The zero-order valence-electron chi connectivity index (χ0n) is 23.8. The van der Waals surface area contributed by atoms with Gasteiger partial charge in [-0.15, -0.1) is 0 Å². The van der Waals surface area contributed by atoms with E-state index in [9.17, 15) is 28.3 Å². The number of nitrogens with one attached hydrogen (secondary N) is 2. The Balaban J connectivity index is 1.56. The molecule has 1 saturated carbocycles. The predicted octanol–water partition coefficient (Wildman–Crippen LogP) is 3.40. The summed E-state index contributed by atoms with van der Waals surface area (Å²) in [4.78, 5) is 35.5. The lowest BCUT2D eigenvalue weighted by atomic mass is 9.76. The molecule has 5 rings (SSSR count). The van der Waals surface area contributed by atoms with Gasteiger partial charge in [0.15, 0.2) is 6.61 Å². The summed E-state index contributed by atoms with van der Waals surface area (Å²) in [6, 6.07) is 12.7. The number of hydrogen-bond donors (Lipinski definition) is 4. The highest BCUT2D eigenvalue weighted by Crippen LogP contribution is 2.47. The number of sulfonamides is 1. The van der Waals surface area contributed by atoms with Gasteiger partial charge in [-0.3, -0.25) is 19.6 Å². The normalized spacial score (nSPS) is 22.0. The maximum absolute atomic E-state index is 14.3. The van der Waals surface area contributed by atoms with E-state index in [1.807, 2.05) is 0 Å². The number of halogens is 2. The quantitative estimate of drug-likeness (QED) is 0.156. The lowest BCUT2D eigenvalue weighted by Crippen LogP contribution is -2.59. The molecule has 234 valence electrons. The number of hydrogen-bond acceptors (Lipinski definition) is 7. The van der Waals surface area contributed by atoms with Crippen LogP contribution in [0.15, 0.2) is 60.8 Å². The highest BCUT2D eigenvalue weighted by atomic mass is 35.5. The van der Waals surface area contributed by atoms with Gasteiger partial charge in [-0.05, 0) is 48.2 Å². The fourth-order valence-corrected chi connectivity index (χ4v) is 7.49. The molecule has 11 nitrogen and oxygen atoms in total. The smallest absolute Gasteiger partial charge is 0.262 e. The first-order valence-corrected chi connectivity index (χ1v) is 16.7. The van der Waals surface area contributed by atoms with Crippen LogP contribution in [0.4, 0.5) is 0 Å². The van der Waals surface area contributed by atoms with Crippen LogP contribution in [0.2, 0.25) is 10.0 Å². The summed E-state index contributed by atoms with van der Waals surface area (Å²) in [6.07, 6.45) is 4.96. The van der Waals surface area contributed by atoms with Gasteiger partial charge in [-0.1, -0.05) is 60.3 Å². The van der Waals surface area contributed by atoms with Crippen LogP contribution in [0.5, 0.6) is 0 Å². The van der Waals surface area contributed by atoms with Gasteiger partial charge in [0.1, 0.15) is 0 Å². The van der Waals surface area contributed by atoms with Gasteiger partial charge in [0.25, 0.3) is 17.5 Å². The van der Waals surface area contributed by atoms with Gasteiger partial charge in [0.2, 0.25) is 16.2 Å². The van der Waals surface area contributed by atoms with E-state index in [0.717, 1.165) is 23.8 Å². The molecule has 4 N–H and O–H groups in total. The average molecular weight is 665 g/mol. The number of benzene rings is 2. The average Bonchev–Trinajstić information content (AvgIpc) is 2.97. The Hall–Kier alpha value is -3.26. The van der Waals surface area contributed by atoms with Crippen LogP contribution in [0.3, 0.4) is 0 Å². The number of aliphatic hydroxyl groups excluding tert-OH is 1. The van der Waals surface area contributed by atoms with Crippen LogP contribution in [0, 0.1) is 0 Å². The summed E-state index contributed by atoms with van der Waals surface area (Å²) in [6.45, 7) is -0.467. The molecule has 2 aliphatic rings. The van der Waals surface area contributed by atoms with Crippen molar-refractivity contribution in [3.8, 4) is 0 Å². The molecule has 4 atom stereocenters. The molecule has 0 bridgehead atoms. The molecule has 1 aliphatic carbocycles. The van der Waals surface area contributed by atoms with Crippen molar-refractivity contribution in [3.63, 3.8) is 0 Å². The van der Waals surface area contributed by atoms with E-state index in [4.69, 9.17) is 28.0 Å². The number of pyridine rings is 1. The van der Waals surface area contributed by atoms with Crippen molar-refractivity contribution in [2.24, 2.45) is 0 Å². The number of aliphatic hydroxyl groups is 1. The van der Waals surface area contributed by atoms with Crippen molar-refractivity contribution in [2.75, 3.05) is 6.26 Å². The largest absolute Gasteiger partial charge is 0.391 e. The molecule has 1 aromatic heterocycles. The molecule has 14 heteroatoms. The van der Waals surface area contributed by atoms with E-state index >= 15 is 0 Å². The minimum atomic E-state index is -3.61. The van der Waals surface area contributed by atoms with Gasteiger partial charge in [0.05, 0.1) is 24.8 Å². The second-order valence-corrected chi connectivity index (χ2v) is 13.6. The van der Waals surface area contributed by atoms with Crippen LogP contribution in [-0.4, -0.2) is 53.8 Å². The number of aromatic nitrogens is 1. The topological polar surface area (TPSA) is 149 Å². The minimum Gasteiger partial charge on any atom is -0.391 e. The van der Waals surface area contributed by atoms with E-state index in [1.165, 1.54) is 12.3 Å². The Labute approximate surface area is 265 Å². The number of fused-ring (bicyclic) bond motifs is 1. The molecule has 3 aromatic rings. The molecule has 2 heterocycles. The van der Waals surface area contributed by atoms with Crippen molar-refractivity contribution >= 4 is 45.0 Å². The summed E-state index contributed by atoms with van der Waals surface area (Å²) in [5.41, 5.74) is 4.51. The third-order valence-electron chi connectivity index (χ3n) is 8.04. The Kier molecular flexibility index (Phi) is 9.78. The number of nitrogens with zero attached hydrogens (tertiary/aromatic N) is 2. The van der Waals surface area contributed by atoms with Crippen LogP contribution in [-0.2, 0) is 32.9 Å². The first kappa shape index (κ1) is 32.1. The van der Waals surface area contributed by atoms with Crippen molar-refractivity contribution in [2.45, 2.75) is 62.9 Å². The van der Waals surface area contributed by atoms with E-state index in [1.54, 1.807) is 53.4 Å². The third-order valence-corrected chi connectivity index (χ3v) is 9.33. The number of hydroxylamine groups is 1. The molecule has 1 fully saturated rings. The minimum absolute atomic E-state index is 0.208. The Morgan fingerprint density at radius 2 is 1.84 bits per heavy atom. The summed E-state index contributed by atoms with van der Waals surface area (Å²) < 4.78 is 28.2. The van der Waals surface area contributed by atoms with Gasteiger partial charge in [-0.25, -0.2) is 18.6 Å². The molecule has 0 unspecified atom stereocenters. The van der Waals surface area contributed by atoms with Gasteiger partial charge in [0, 0.05) is 44.1 Å². The lowest BCUT2D eigenvalue weighted by Gasteiger charge is -2.49. The highest BCUT2D eigenvalue weighted by Gasteiger charge is 2.49. The second-order valence-electron chi connectivity index (χ2n) is 11.0. The predicted molar refractivity (Wildman–Crippen MR) is 161 cm³/mol. The van der Waals surface area contributed by atoms with Crippen molar-refractivity contribution < 1.29 is 37.9 Å².